The van der Waals surface area contributed by atoms with E-state index in [9.17, 15) is 9.59 Å². The molecule has 0 unspecified atom stereocenters. The average molecular weight is 271 g/mol. The fourth-order valence-electron chi connectivity index (χ4n) is 1.89. The Bertz CT molecular complexity index is 677. The standard InChI is InChI=1S/C15H17N3O2/c1-10-6-7-13(15(20)18(10)3)14(19)17-11(2)12-5-4-8-16-9-12/h4-9,11H,1-3H3,(H,17,19)/t11-/m1/s1. The van der Waals surface area contributed by atoms with E-state index in [0.29, 0.717) is 0 Å². The third-order valence-corrected chi connectivity index (χ3v) is 3.33. The van der Waals surface area contributed by atoms with Crippen molar-refractivity contribution in [3.05, 3.63) is 63.8 Å². The molecule has 0 bridgehead atoms. The molecule has 5 heteroatoms. The summed E-state index contributed by atoms with van der Waals surface area (Å²) in [6, 6.07) is 6.80. The van der Waals surface area contributed by atoms with Crippen molar-refractivity contribution in [2.75, 3.05) is 0 Å². The van der Waals surface area contributed by atoms with Gasteiger partial charge in [0.25, 0.3) is 11.5 Å². The Morgan fingerprint density at radius 3 is 2.75 bits per heavy atom. The maximum atomic E-state index is 12.2. The van der Waals surface area contributed by atoms with E-state index in [0.717, 1.165) is 11.3 Å². The lowest BCUT2D eigenvalue weighted by molar-refractivity contribution is 0.0937. The van der Waals surface area contributed by atoms with Crippen molar-refractivity contribution in [1.29, 1.82) is 0 Å². The number of rotatable bonds is 3. The first kappa shape index (κ1) is 14.0. The highest BCUT2D eigenvalue weighted by molar-refractivity contribution is 5.94. The van der Waals surface area contributed by atoms with Crippen LogP contribution in [0.25, 0.3) is 0 Å². The van der Waals surface area contributed by atoms with Crippen LogP contribution in [0.5, 0.6) is 0 Å². The van der Waals surface area contributed by atoms with Crippen LogP contribution in [0, 0.1) is 6.92 Å². The molecule has 2 aromatic rings. The lowest BCUT2D eigenvalue weighted by Gasteiger charge is -2.14. The van der Waals surface area contributed by atoms with Gasteiger partial charge in [0.15, 0.2) is 0 Å². The molecule has 0 radical (unpaired) electrons. The Hall–Kier alpha value is -2.43. The number of hydrogen-bond acceptors (Lipinski definition) is 3. The van der Waals surface area contributed by atoms with E-state index in [-0.39, 0.29) is 23.1 Å². The zero-order chi connectivity index (χ0) is 14.7. The summed E-state index contributed by atoms with van der Waals surface area (Å²) in [4.78, 5) is 28.2. The van der Waals surface area contributed by atoms with Crippen LogP contribution >= 0.6 is 0 Å². The van der Waals surface area contributed by atoms with Crippen LogP contribution in [0.15, 0.2) is 41.5 Å². The normalized spacial score (nSPS) is 11.9. The van der Waals surface area contributed by atoms with E-state index in [4.69, 9.17) is 0 Å². The van der Waals surface area contributed by atoms with Crippen LogP contribution < -0.4 is 10.9 Å². The van der Waals surface area contributed by atoms with Gasteiger partial charge in [0, 0.05) is 25.1 Å². The summed E-state index contributed by atoms with van der Waals surface area (Å²) in [7, 11) is 1.65. The number of amides is 1. The summed E-state index contributed by atoms with van der Waals surface area (Å²) in [5.74, 6) is -0.373. The van der Waals surface area contributed by atoms with Gasteiger partial charge in [-0.1, -0.05) is 6.07 Å². The molecule has 0 saturated carbocycles. The molecule has 0 aliphatic rings. The molecule has 0 spiro atoms. The van der Waals surface area contributed by atoms with Gasteiger partial charge in [0.2, 0.25) is 0 Å². The molecule has 1 amide bonds. The molecule has 0 aliphatic heterocycles. The molecule has 2 rings (SSSR count). The molecule has 0 aromatic carbocycles. The number of aromatic nitrogens is 2. The first-order valence-electron chi connectivity index (χ1n) is 6.38. The predicted molar refractivity (Wildman–Crippen MR) is 76.5 cm³/mol. The van der Waals surface area contributed by atoms with Crippen molar-refractivity contribution < 1.29 is 4.79 Å². The highest BCUT2D eigenvalue weighted by Crippen LogP contribution is 2.10. The molecular formula is C15H17N3O2. The van der Waals surface area contributed by atoms with Gasteiger partial charge in [0.05, 0.1) is 6.04 Å². The highest BCUT2D eigenvalue weighted by atomic mass is 16.2. The molecule has 1 atom stereocenters. The van der Waals surface area contributed by atoms with Crippen molar-refractivity contribution >= 4 is 5.91 Å². The first-order chi connectivity index (χ1) is 9.50. The molecule has 5 nitrogen and oxygen atoms in total. The number of hydrogen-bond donors (Lipinski definition) is 1. The summed E-state index contributed by atoms with van der Waals surface area (Å²) in [6.07, 6.45) is 3.37. The number of carbonyl (C=O) groups is 1. The van der Waals surface area contributed by atoms with Gasteiger partial charge in [0.1, 0.15) is 5.56 Å². The second-order valence-electron chi connectivity index (χ2n) is 4.73. The lowest BCUT2D eigenvalue weighted by Crippen LogP contribution is -2.34. The number of carbonyl (C=O) groups excluding carboxylic acids is 1. The summed E-state index contributed by atoms with van der Waals surface area (Å²) in [6.45, 7) is 3.68. The Kier molecular flexibility index (Phi) is 3.98. The smallest absolute Gasteiger partial charge is 0.263 e. The van der Waals surface area contributed by atoms with Crippen LogP contribution in [0.3, 0.4) is 0 Å². The van der Waals surface area contributed by atoms with Crippen LogP contribution in [0.1, 0.15) is 34.6 Å². The number of aryl methyl sites for hydroxylation is 1. The van der Waals surface area contributed by atoms with Gasteiger partial charge in [-0.25, -0.2) is 0 Å². The van der Waals surface area contributed by atoms with E-state index in [1.807, 2.05) is 26.0 Å². The van der Waals surface area contributed by atoms with Crippen LogP contribution in [0.2, 0.25) is 0 Å². The minimum absolute atomic E-state index is 0.147. The van der Waals surface area contributed by atoms with Crippen molar-refractivity contribution in [1.82, 2.24) is 14.9 Å². The number of nitrogens with zero attached hydrogens (tertiary/aromatic N) is 2. The quantitative estimate of drug-likeness (QED) is 0.921. The third-order valence-electron chi connectivity index (χ3n) is 3.33. The maximum absolute atomic E-state index is 12.2. The fraction of sp³-hybridized carbons (Fsp3) is 0.267. The van der Waals surface area contributed by atoms with Gasteiger partial charge in [-0.05, 0) is 37.6 Å². The van der Waals surface area contributed by atoms with Gasteiger partial charge in [-0.15, -0.1) is 0 Å². The number of pyridine rings is 2. The van der Waals surface area contributed by atoms with E-state index >= 15 is 0 Å². The Morgan fingerprint density at radius 2 is 2.10 bits per heavy atom. The third kappa shape index (κ3) is 2.77. The predicted octanol–water partition coefficient (Wildman–Crippen LogP) is 1.58. The van der Waals surface area contributed by atoms with Crippen LogP contribution in [0.4, 0.5) is 0 Å². The zero-order valence-electron chi connectivity index (χ0n) is 11.8. The van der Waals surface area contributed by atoms with Crippen molar-refractivity contribution in [2.45, 2.75) is 19.9 Å². The highest BCUT2D eigenvalue weighted by Gasteiger charge is 2.15. The van der Waals surface area contributed by atoms with Gasteiger partial charge in [-0.3, -0.25) is 14.6 Å². The zero-order valence-corrected chi connectivity index (χ0v) is 11.8. The average Bonchev–Trinajstić information content (AvgIpc) is 2.45. The van der Waals surface area contributed by atoms with Crippen molar-refractivity contribution in [3.8, 4) is 0 Å². The first-order valence-corrected chi connectivity index (χ1v) is 6.38. The molecule has 0 fully saturated rings. The van der Waals surface area contributed by atoms with E-state index in [1.165, 1.54) is 4.57 Å². The summed E-state index contributed by atoms with van der Waals surface area (Å²) in [5.41, 5.74) is 1.56. The van der Waals surface area contributed by atoms with Crippen LogP contribution in [-0.2, 0) is 7.05 Å². The van der Waals surface area contributed by atoms with E-state index in [1.54, 1.807) is 31.6 Å². The molecular weight excluding hydrogens is 254 g/mol. The molecule has 104 valence electrons. The summed E-state index contributed by atoms with van der Waals surface area (Å²) >= 11 is 0. The second kappa shape index (κ2) is 5.69. The maximum Gasteiger partial charge on any atom is 0.263 e. The monoisotopic (exact) mass is 271 g/mol. The minimum atomic E-state index is -0.373. The lowest BCUT2D eigenvalue weighted by atomic mass is 10.1. The SMILES string of the molecule is Cc1ccc(C(=O)N[C@H](C)c2cccnc2)c(=O)n1C. The topological polar surface area (TPSA) is 64.0 Å². The molecule has 0 aliphatic carbocycles. The number of nitrogens with one attached hydrogen (secondary N) is 1. The Balaban J connectivity index is 2.21. The Morgan fingerprint density at radius 1 is 1.35 bits per heavy atom. The van der Waals surface area contributed by atoms with Crippen molar-refractivity contribution in [2.24, 2.45) is 7.05 Å². The molecule has 0 saturated heterocycles. The van der Waals surface area contributed by atoms with Crippen molar-refractivity contribution in [3.63, 3.8) is 0 Å². The minimum Gasteiger partial charge on any atom is -0.345 e. The van der Waals surface area contributed by atoms with Crippen LogP contribution in [-0.4, -0.2) is 15.5 Å². The van der Waals surface area contributed by atoms with E-state index in [2.05, 4.69) is 10.3 Å². The molecule has 1 N–H and O–H groups in total. The second-order valence-corrected chi connectivity index (χ2v) is 4.73. The summed E-state index contributed by atoms with van der Waals surface area (Å²) in [5, 5.41) is 2.81. The summed E-state index contributed by atoms with van der Waals surface area (Å²) < 4.78 is 1.46. The van der Waals surface area contributed by atoms with Gasteiger partial charge >= 0.3 is 0 Å². The molecule has 2 aromatic heterocycles. The van der Waals surface area contributed by atoms with Gasteiger partial charge < -0.3 is 9.88 Å². The van der Waals surface area contributed by atoms with Gasteiger partial charge in [-0.2, -0.15) is 0 Å². The fourth-order valence-corrected chi connectivity index (χ4v) is 1.89. The molecule has 2 heterocycles. The Labute approximate surface area is 117 Å². The largest absolute Gasteiger partial charge is 0.345 e. The molecule has 20 heavy (non-hydrogen) atoms. The van der Waals surface area contributed by atoms with E-state index < -0.39 is 0 Å².